The van der Waals surface area contributed by atoms with Gasteiger partial charge >= 0.3 is 0 Å². The third-order valence-electron chi connectivity index (χ3n) is 7.09. The van der Waals surface area contributed by atoms with E-state index >= 15 is 0 Å². The van der Waals surface area contributed by atoms with Crippen molar-refractivity contribution in [3.05, 3.63) is 87.9 Å². The van der Waals surface area contributed by atoms with Gasteiger partial charge in [-0.3, -0.25) is 13.9 Å². The van der Waals surface area contributed by atoms with Crippen LogP contribution in [0.5, 0.6) is 11.5 Å². The molecule has 9 nitrogen and oxygen atoms in total. The van der Waals surface area contributed by atoms with Gasteiger partial charge in [0.25, 0.3) is 0 Å². The van der Waals surface area contributed by atoms with E-state index in [0.717, 1.165) is 11.8 Å². The van der Waals surface area contributed by atoms with Crippen molar-refractivity contribution >= 4 is 50.7 Å². The third kappa shape index (κ3) is 9.76. The van der Waals surface area contributed by atoms with Crippen molar-refractivity contribution in [2.75, 3.05) is 30.3 Å². The first-order valence-corrected chi connectivity index (χ1v) is 17.3. The molecule has 0 aliphatic carbocycles. The summed E-state index contributed by atoms with van der Waals surface area (Å²) in [5.74, 6) is 0.381. The Morgan fingerprint density at radius 2 is 1.64 bits per heavy atom. The van der Waals surface area contributed by atoms with E-state index < -0.39 is 21.6 Å². The van der Waals surface area contributed by atoms with E-state index in [0.29, 0.717) is 46.0 Å². The first-order chi connectivity index (χ1) is 21.2. The van der Waals surface area contributed by atoms with Gasteiger partial charge in [0, 0.05) is 47.6 Å². The van der Waals surface area contributed by atoms with Gasteiger partial charge in [-0.05, 0) is 62.6 Å². The number of sulfonamides is 1. The maximum Gasteiger partial charge on any atom is 0.243 e. The van der Waals surface area contributed by atoms with Crippen molar-refractivity contribution in [3.8, 4) is 11.5 Å². The number of benzene rings is 3. The second-order valence-corrected chi connectivity index (χ2v) is 14.7. The van der Waals surface area contributed by atoms with E-state index in [1.165, 1.54) is 9.21 Å². The highest BCUT2D eigenvalue weighted by atomic mass is 35.5. The van der Waals surface area contributed by atoms with Crippen LogP contribution in [0, 0.1) is 0 Å². The molecule has 2 amide bonds. The van der Waals surface area contributed by atoms with Gasteiger partial charge in [-0.2, -0.15) is 0 Å². The fourth-order valence-electron chi connectivity index (χ4n) is 5.03. The number of hydrogen-bond acceptors (Lipinski definition) is 6. The molecule has 1 atom stereocenters. The first-order valence-electron chi connectivity index (χ1n) is 14.7. The number of carbonyl (C=O) groups is 2. The van der Waals surface area contributed by atoms with Crippen LogP contribution in [0.2, 0.25) is 10.0 Å². The van der Waals surface area contributed by atoms with E-state index in [4.69, 9.17) is 32.7 Å². The number of rotatable bonds is 12. The van der Waals surface area contributed by atoms with E-state index in [-0.39, 0.29) is 44.2 Å². The standard InChI is InChI=1S/C33H39Cl2N3O6S/c1-33(2,3)36-32(40)28(19-23-9-6-5-7-10-23)37(22-24-12-13-25(34)20-27(24)35)31(39)11-8-16-38(45(4,41)42)26-14-15-29-30(21-26)44-18-17-43-29/h5-7,9-10,12-15,20-21,28H,8,11,16-19,22H2,1-4H3,(H,36,40)/t28-/m1/s1. The van der Waals surface area contributed by atoms with Gasteiger partial charge in [-0.1, -0.05) is 59.6 Å². The number of anilines is 1. The molecule has 0 radical (unpaired) electrons. The molecule has 45 heavy (non-hydrogen) atoms. The Bertz CT molecular complexity index is 1610. The van der Waals surface area contributed by atoms with Crippen LogP contribution in [0.15, 0.2) is 66.7 Å². The largest absolute Gasteiger partial charge is 0.486 e. The van der Waals surface area contributed by atoms with Crippen LogP contribution < -0.4 is 19.1 Å². The predicted octanol–water partition coefficient (Wildman–Crippen LogP) is 5.87. The lowest BCUT2D eigenvalue weighted by atomic mass is 10.00. The van der Waals surface area contributed by atoms with Crippen LogP contribution in [0.4, 0.5) is 5.69 Å². The molecular weight excluding hydrogens is 637 g/mol. The zero-order valence-corrected chi connectivity index (χ0v) is 28.2. The molecule has 0 saturated heterocycles. The van der Waals surface area contributed by atoms with Crippen LogP contribution in [0.1, 0.15) is 44.7 Å². The Balaban J connectivity index is 1.61. The minimum absolute atomic E-state index is 0.0180. The summed E-state index contributed by atoms with van der Waals surface area (Å²) >= 11 is 12.7. The highest BCUT2D eigenvalue weighted by Gasteiger charge is 2.33. The number of fused-ring (bicyclic) bond motifs is 1. The zero-order valence-electron chi connectivity index (χ0n) is 25.9. The Labute approximate surface area is 275 Å². The summed E-state index contributed by atoms with van der Waals surface area (Å²) in [6, 6.07) is 18.6. The molecule has 0 unspecified atom stereocenters. The fraction of sp³-hybridized carbons (Fsp3) is 0.394. The van der Waals surface area contributed by atoms with E-state index in [1.54, 1.807) is 36.4 Å². The van der Waals surface area contributed by atoms with Gasteiger partial charge in [0.15, 0.2) is 11.5 Å². The molecule has 1 aliphatic rings. The number of nitrogens with one attached hydrogen (secondary N) is 1. The fourth-order valence-corrected chi connectivity index (χ4v) is 6.46. The Hall–Kier alpha value is -3.47. The van der Waals surface area contributed by atoms with Crippen molar-refractivity contribution in [1.29, 1.82) is 0 Å². The number of hydrogen-bond donors (Lipinski definition) is 1. The molecule has 3 aromatic carbocycles. The topological polar surface area (TPSA) is 105 Å². The smallest absolute Gasteiger partial charge is 0.243 e. The molecule has 0 saturated carbocycles. The summed E-state index contributed by atoms with van der Waals surface area (Å²) in [4.78, 5) is 29.4. The molecule has 12 heteroatoms. The number of nitrogens with zero attached hydrogens (tertiary/aromatic N) is 2. The molecular formula is C33H39Cl2N3O6S. The lowest BCUT2D eigenvalue weighted by Gasteiger charge is -2.34. The Morgan fingerprint density at radius 3 is 2.29 bits per heavy atom. The molecule has 242 valence electrons. The average molecular weight is 677 g/mol. The van der Waals surface area contributed by atoms with E-state index in [9.17, 15) is 18.0 Å². The van der Waals surface area contributed by atoms with Crippen molar-refractivity contribution < 1.29 is 27.5 Å². The van der Waals surface area contributed by atoms with Crippen molar-refractivity contribution in [2.45, 2.75) is 58.2 Å². The zero-order chi connectivity index (χ0) is 32.8. The third-order valence-corrected chi connectivity index (χ3v) is 8.87. The molecule has 0 spiro atoms. The van der Waals surface area contributed by atoms with Crippen LogP contribution in [0.3, 0.4) is 0 Å². The summed E-state index contributed by atoms with van der Waals surface area (Å²) in [5, 5.41) is 3.85. The first kappa shape index (κ1) is 34.4. The highest BCUT2D eigenvalue weighted by Crippen LogP contribution is 2.35. The summed E-state index contributed by atoms with van der Waals surface area (Å²) < 4.78 is 38.1. The van der Waals surface area contributed by atoms with Crippen LogP contribution >= 0.6 is 23.2 Å². The minimum Gasteiger partial charge on any atom is -0.486 e. The molecule has 0 fully saturated rings. The Morgan fingerprint density at radius 1 is 0.956 bits per heavy atom. The van der Waals surface area contributed by atoms with E-state index in [1.807, 2.05) is 51.1 Å². The molecule has 4 rings (SSSR count). The average Bonchev–Trinajstić information content (AvgIpc) is 2.96. The monoisotopic (exact) mass is 675 g/mol. The highest BCUT2D eigenvalue weighted by molar-refractivity contribution is 7.92. The molecule has 1 aliphatic heterocycles. The maximum absolute atomic E-state index is 14.1. The lowest BCUT2D eigenvalue weighted by molar-refractivity contribution is -0.142. The number of amides is 2. The van der Waals surface area contributed by atoms with E-state index in [2.05, 4.69) is 5.32 Å². The van der Waals surface area contributed by atoms with Gasteiger partial charge in [-0.25, -0.2) is 8.42 Å². The van der Waals surface area contributed by atoms with Crippen LogP contribution in [-0.4, -0.2) is 62.7 Å². The normalized spacial score (nSPS) is 13.6. The predicted molar refractivity (Wildman–Crippen MR) is 178 cm³/mol. The molecule has 3 aromatic rings. The quantitative estimate of drug-likeness (QED) is 0.258. The lowest BCUT2D eigenvalue weighted by Crippen LogP contribution is -2.54. The van der Waals surface area contributed by atoms with Gasteiger partial charge in [0.1, 0.15) is 19.3 Å². The SMILES string of the molecule is CC(C)(C)NC(=O)[C@@H](Cc1ccccc1)N(Cc1ccc(Cl)cc1Cl)C(=O)CCCN(c1ccc2c(c1)OCCO2)S(C)(=O)=O. The van der Waals surface area contributed by atoms with Crippen molar-refractivity contribution in [3.63, 3.8) is 0 Å². The van der Waals surface area contributed by atoms with Gasteiger partial charge in [0.05, 0.1) is 11.9 Å². The van der Waals surface area contributed by atoms with Gasteiger partial charge < -0.3 is 19.7 Å². The molecule has 1 N–H and O–H groups in total. The second-order valence-electron chi connectivity index (χ2n) is 12.0. The van der Waals surface area contributed by atoms with Crippen LogP contribution in [0.25, 0.3) is 0 Å². The Kier molecular flexibility index (Phi) is 11.3. The summed E-state index contributed by atoms with van der Waals surface area (Å²) in [5.41, 5.74) is 1.38. The van der Waals surface area contributed by atoms with Crippen LogP contribution in [-0.2, 0) is 32.6 Å². The molecule has 0 aromatic heterocycles. The minimum atomic E-state index is -3.69. The number of carbonyl (C=O) groups excluding carboxylic acids is 2. The maximum atomic E-state index is 14.1. The summed E-state index contributed by atoms with van der Waals surface area (Å²) in [6.45, 7) is 6.52. The number of halogens is 2. The second kappa shape index (κ2) is 14.7. The molecule has 0 bridgehead atoms. The molecule has 1 heterocycles. The van der Waals surface area contributed by atoms with Gasteiger partial charge in [-0.15, -0.1) is 0 Å². The summed E-state index contributed by atoms with van der Waals surface area (Å²) in [6.07, 6.45) is 1.57. The van der Waals surface area contributed by atoms with Gasteiger partial charge in [0.2, 0.25) is 21.8 Å². The number of ether oxygens (including phenoxy) is 2. The summed E-state index contributed by atoms with van der Waals surface area (Å²) in [7, 11) is -3.69. The van der Waals surface area contributed by atoms with Crippen molar-refractivity contribution in [2.24, 2.45) is 0 Å². The van der Waals surface area contributed by atoms with Crippen molar-refractivity contribution in [1.82, 2.24) is 10.2 Å².